The summed E-state index contributed by atoms with van der Waals surface area (Å²) in [5, 5.41) is 21.8. The van der Waals surface area contributed by atoms with Crippen molar-refractivity contribution < 1.29 is 24.5 Å². The van der Waals surface area contributed by atoms with Crippen LogP contribution in [-0.4, -0.2) is 58.3 Å². The van der Waals surface area contributed by atoms with Crippen molar-refractivity contribution in [3.05, 3.63) is 24.3 Å². The summed E-state index contributed by atoms with van der Waals surface area (Å²) in [4.78, 5) is 24.8. The van der Waals surface area contributed by atoms with Gasteiger partial charge in [0, 0.05) is 13.0 Å². The van der Waals surface area contributed by atoms with Crippen molar-refractivity contribution in [2.24, 2.45) is 0 Å². The van der Waals surface area contributed by atoms with Crippen LogP contribution in [0.25, 0.3) is 0 Å². The van der Waals surface area contributed by atoms with Gasteiger partial charge in [0.1, 0.15) is 11.8 Å². The van der Waals surface area contributed by atoms with Crippen LogP contribution >= 0.6 is 0 Å². The topological polar surface area (TPSA) is 99.1 Å². The van der Waals surface area contributed by atoms with Gasteiger partial charge in [-0.25, -0.2) is 4.79 Å². The number of nitrogens with zero attached hydrogens (tertiary/aromatic N) is 1. The molecule has 0 aliphatic carbocycles. The molecule has 3 atom stereocenters. The van der Waals surface area contributed by atoms with E-state index in [2.05, 4.69) is 5.32 Å². The van der Waals surface area contributed by atoms with Crippen molar-refractivity contribution in [1.29, 1.82) is 0 Å². The first-order valence-electron chi connectivity index (χ1n) is 6.77. The molecule has 0 radical (unpaired) electrons. The number of rotatable bonds is 2. The molecule has 1 aromatic rings. The predicted molar refractivity (Wildman–Crippen MR) is 73.1 cm³/mol. The molecule has 2 aliphatic heterocycles. The number of β-amino-alcohol motifs (C(OH)–C–C–N with tert-alkyl or cyclic N) is 1. The van der Waals surface area contributed by atoms with Gasteiger partial charge in [0.05, 0.1) is 18.3 Å². The van der Waals surface area contributed by atoms with Crippen molar-refractivity contribution in [2.45, 2.75) is 24.7 Å². The zero-order chi connectivity index (χ0) is 15.0. The molecule has 1 amide bonds. The van der Waals surface area contributed by atoms with Crippen LogP contribution < -0.4 is 10.1 Å². The van der Waals surface area contributed by atoms with Crippen molar-refractivity contribution in [1.82, 2.24) is 4.90 Å². The number of carboxylic acid groups (broad SMARTS) is 1. The number of anilines is 1. The summed E-state index contributed by atoms with van der Waals surface area (Å²) in [5.74, 6) is -0.959. The van der Waals surface area contributed by atoms with E-state index in [4.69, 9.17) is 9.84 Å². The molecule has 7 nitrogen and oxygen atoms in total. The van der Waals surface area contributed by atoms with Crippen molar-refractivity contribution >= 4 is 17.6 Å². The highest BCUT2D eigenvalue weighted by Crippen LogP contribution is 2.29. The van der Waals surface area contributed by atoms with Gasteiger partial charge >= 0.3 is 5.97 Å². The zero-order valence-electron chi connectivity index (χ0n) is 11.2. The molecule has 3 rings (SSSR count). The van der Waals surface area contributed by atoms with Crippen molar-refractivity contribution in [2.75, 3.05) is 18.4 Å². The third-order valence-electron chi connectivity index (χ3n) is 3.76. The van der Waals surface area contributed by atoms with Crippen LogP contribution in [0.1, 0.15) is 6.42 Å². The van der Waals surface area contributed by atoms with E-state index in [-0.39, 0.29) is 19.5 Å². The van der Waals surface area contributed by atoms with Crippen LogP contribution in [0.3, 0.4) is 0 Å². The Hall–Kier alpha value is -2.28. The number of amides is 1. The lowest BCUT2D eigenvalue weighted by Gasteiger charge is -2.31. The summed E-state index contributed by atoms with van der Waals surface area (Å²) in [5.41, 5.74) is 0.804. The molecule has 21 heavy (non-hydrogen) atoms. The summed E-state index contributed by atoms with van der Waals surface area (Å²) in [6, 6.07) is 6.25. The maximum Gasteiger partial charge on any atom is 0.326 e. The number of carbonyl (C=O) groups excluding carboxylic acids is 1. The Kier molecular flexibility index (Phi) is 3.42. The smallest absolute Gasteiger partial charge is 0.326 e. The molecule has 7 heteroatoms. The van der Waals surface area contributed by atoms with Gasteiger partial charge in [-0.1, -0.05) is 12.1 Å². The van der Waals surface area contributed by atoms with E-state index in [0.29, 0.717) is 5.75 Å². The number of hydrogen-bond acceptors (Lipinski definition) is 5. The summed E-state index contributed by atoms with van der Waals surface area (Å²) in [6.07, 6.45) is -1.54. The van der Waals surface area contributed by atoms with Gasteiger partial charge in [-0.2, -0.15) is 0 Å². The molecular formula is C14H16N2O5. The monoisotopic (exact) mass is 292 g/mol. The third kappa shape index (κ3) is 2.52. The van der Waals surface area contributed by atoms with Gasteiger partial charge < -0.3 is 25.2 Å². The summed E-state index contributed by atoms with van der Waals surface area (Å²) < 4.78 is 5.64. The molecule has 0 spiro atoms. The average molecular weight is 292 g/mol. The number of para-hydroxylation sites is 2. The van der Waals surface area contributed by atoms with Gasteiger partial charge in [-0.05, 0) is 12.1 Å². The molecule has 0 saturated carbocycles. The summed E-state index contributed by atoms with van der Waals surface area (Å²) >= 11 is 0. The van der Waals surface area contributed by atoms with Gasteiger partial charge in [-0.15, -0.1) is 0 Å². The van der Waals surface area contributed by atoms with E-state index in [1.54, 1.807) is 12.1 Å². The quantitative estimate of drug-likeness (QED) is 0.704. The van der Waals surface area contributed by atoms with Crippen LogP contribution in [0.4, 0.5) is 5.69 Å². The average Bonchev–Trinajstić information content (AvgIpc) is 2.88. The first-order valence-corrected chi connectivity index (χ1v) is 6.77. The number of aliphatic hydroxyl groups is 1. The fourth-order valence-corrected chi connectivity index (χ4v) is 2.73. The Morgan fingerprint density at radius 2 is 2.10 bits per heavy atom. The molecule has 2 heterocycles. The number of aliphatic carboxylic acids is 1. The fourth-order valence-electron chi connectivity index (χ4n) is 2.73. The van der Waals surface area contributed by atoms with Gasteiger partial charge in [0.15, 0.2) is 6.10 Å². The third-order valence-corrected chi connectivity index (χ3v) is 3.76. The van der Waals surface area contributed by atoms with Gasteiger partial charge in [0.2, 0.25) is 0 Å². The molecule has 3 N–H and O–H groups in total. The largest absolute Gasteiger partial charge is 0.480 e. The molecule has 2 aliphatic rings. The standard InChI is InChI=1S/C14H16N2O5/c17-8-5-10(14(19)20)16(7-8)13(18)12-6-15-9-3-1-2-4-11(9)21-12/h1-4,8,10,12,15,17H,5-7H2,(H,19,20). The second kappa shape index (κ2) is 5.25. The highest BCUT2D eigenvalue weighted by atomic mass is 16.5. The number of benzene rings is 1. The maximum absolute atomic E-state index is 12.5. The first kappa shape index (κ1) is 13.7. The number of fused-ring (bicyclic) bond motifs is 1. The number of carboxylic acids is 1. The Bertz CT molecular complexity index is 576. The molecule has 112 valence electrons. The molecule has 0 aromatic heterocycles. The zero-order valence-corrected chi connectivity index (χ0v) is 11.2. The Morgan fingerprint density at radius 3 is 2.86 bits per heavy atom. The molecule has 1 fully saturated rings. The minimum Gasteiger partial charge on any atom is -0.480 e. The minimum absolute atomic E-state index is 0.0251. The first-order chi connectivity index (χ1) is 10.1. The van der Waals surface area contributed by atoms with Crippen LogP contribution in [0, 0.1) is 0 Å². The van der Waals surface area contributed by atoms with E-state index < -0.39 is 30.1 Å². The number of hydrogen-bond donors (Lipinski definition) is 3. The van der Waals surface area contributed by atoms with E-state index in [0.717, 1.165) is 5.69 Å². The predicted octanol–water partition coefficient (Wildman–Crippen LogP) is -0.0941. The molecular weight excluding hydrogens is 276 g/mol. The SMILES string of the molecule is O=C(O)C1CC(O)CN1C(=O)C1CNc2ccccc2O1. The molecule has 1 saturated heterocycles. The lowest BCUT2D eigenvalue weighted by atomic mass is 10.2. The van der Waals surface area contributed by atoms with Crippen molar-refractivity contribution in [3.8, 4) is 5.75 Å². The van der Waals surface area contributed by atoms with Crippen LogP contribution in [-0.2, 0) is 9.59 Å². The van der Waals surface area contributed by atoms with Crippen LogP contribution in [0.15, 0.2) is 24.3 Å². The van der Waals surface area contributed by atoms with E-state index in [9.17, 15) is 14.7 Å². The number of nitrogens with one attached hydrogen (secondary N) is 1. The Balaban J connectivity index is 1.76. The molecule has 1 aromatic carbocycles. The summed E-state index contributed by atoms with van der Waals surface area (Å²) in [7, 11) is 0. The number of carbonyl (C=O) groups is 2. The fraction of sp³-hybridized carbons (Fsp3) is 0.429. The van der Waals surface area contributed by atoms with Gasteiger partial charge in [-0.3, -0.25) is 4.79 Å². The van der Waals surface area contributed by atoms with E-state index in [1.165, 1.54) is 4.90 Å². The lowest BCUT2D eigenvalue weighted by Crippen LogP contribution is -2.50. The Morgan fingerprint density at radius 1 is 1.33 bits per heavy atom. The Labute approximate surface area is 121 Å². The van der Waals surface area contributed by atoms with Crippen molar-refractivity contribution in [3.63, 3.8) is 0 Å². The normalized spacial score (nSPS) is 27.5. The van der Waals surface area contributed by atoms with E-state index >= 15 is 0 Å². The van der Waals surface area contributed by atoms with E-state index in [1.807, 2.05) is 12.1 Å². The van der Waals surface area contributed by atoms with Gasteiger partial charge in [0.25, 0.3) is 5.91 Å². The highest BCUT2D eigenvalue weighted by Gasteiger charge is 2.42. The number of aliphatic hydroxyl groups excluding tert-OH is 1. The second-order valence-electron chi connectivity index (χ2n) is 5.22. The molecule has 3 unspecified atom stereocenters. The maximum atomic E-state index is 12.5. The molecule has 0 bridgehead atoms. The second-order valence-corrected chi connectivity index (χ2v) is 5.22. The number of likely N-dealkylation sites (tertiary alicyclic amines) is 1. The minimum atomic E-state index is -1.11. The number of ether oxygens (including phenoxy) is 1. The van der Waals surface area contributed by atoms with Crippen LogP contribution in [0.5, 0.6) is 5.75 Å². The lowest BCUT2D eigenvalue weighted by molar-refractivity contribution is -0.151. The van der Waals surface area contributed by atoms with Crippen LogP contribution in [0.2, 0.25) is 0 Å². The highest BCUT2D eigenvalue weighted by molar-refractivity contribution is 5.88. The summed E-state index contributed by atoms with van der Waals surface area (Å²) in [6.45, 7) is 0.298.